The zero-order valence-electron chi connectivity index (χ0n) is 12.6. The van der Waals surface area contributed by atoms with Crippen molar-refractivity contribution in [3.63, 3.8) is 0 Å². The van der Waals surface area contributed by atoms with Crippen LogP contribution in [0.3, 0.4) is 0 Å². The molecule has 114 valence electrons. The molecular formula is C17H18N2O3. The second kappa shape index (κ2) is 5.77. The molecule has 0 saturated carbocycles. The number of benzene rings is 1. The number of para-hydroxylation sites is 1. The zero-order valence-corrected chi connectivity index (χ0v) is 12.6. The highest BCUT2D eigenvalue weighted by atomic mass is 16.3. The summed E-state index contributed by atoms with van der Waals surface area (Å²) in [6.45, 7) is 4.25. The lowest BCUT2D eigenvalue weighted by atomic mass is 10.1. The van der Waals surface area contributed by atoms with Crippen LogP contribution in [0.4, 0.5) is 5.69 Å². The first-order valence-corrected chi connectivity index (χ1v) is 7.26. The first kappa shape index (κ1) is 14.5. The average Bonchev–Trinajstić information content (AvgIpc) is 3.08. The maximum absolute atomic E-state index is 12.6. The number of nitrogens with one attached hydrogen (secondary N) is 1. The summed E-state index contributed by atoms with van der Waals surface area (Å²) < 4.78 is 5.23. The van der Waals surface area contributed by atoms with Crippen LogP contribution in [0.1, 0.15) is 23.3 Å². The number of amides is 2. The standard InChI is InChI=1S/C17H18N2O3/c1-11-5-3-6-12(2)16(11)19-15(20)9-14(17(19)21)18-10-13-7-4-8-22-13/h3-8,14,18H,9-10H2,1-2H3. The van der Waals surface area contributed by atoms with E-state index in [1.165, 1.54) is 4.90 Å². The Hall–Kier alpha value is -2.40. The quantitative estimate of drug-likeness (QED) is 0.880. The van der Waals surface area contributed by atoms with Crippen LogP contribution in [-0.2, 0) is 16.1 Å². The Morgan fingerprint density at radius 1 is 1.18 bits per heavy atom. The molecule has 1 aliphatic heterocycles. The Balaban J connectivity index is 1.79. The molecule has 5 nitrogen and oxygen atoms in total. The summed E-state index contributed by atoms with van der Waals surface area (Å²) >= 11 is 0. The SMILES string of the molecule is Cc1cccc(C)c1N1C(=O)CC(NCc2ccco2)C1=O. The highest BCUT2D eigenvalue weighted by molar-refractivity contribution is 6.23. The topological polar surface area (TPSA) is 62.6 Å². The Kier molecular flexibility index (Phi) is 3.81. The fraction of sp³-hybridized carbons (Fsp3) is 0.294. The monoisotopic (exact) mass is 298 g/mol. The molecule has 0 bridgehead atoms. The van der Waals surface area contributed by atoms with Gasteiger partial charge in [-0.25, -0.2) is 4.90 Å². The predicted octanol–water partition coefficient (Wildman–Crippen LogP) is 2.32. The number of furan rings is 1. The third-order valence-corrected chi connectivity index (χ3v) is 3.91. The van der Waals surface area contributed by atoms with Crippen molar-refractivity contribution in [2.24, 2.45) is 0 Å². The number of rotatable bonds is 4. The van der Waals surface area contributed by atoms with Crippen molar-refractivity contribution in [1.82, 2.24) is 5.32 Å². The molecule has 1 atom stereocenters. The molecule has 0 spiro atoms. The molecule has 1 aliphatic rings. The number of carbonyl (C=O) groups excluding carboxylic acids is 2. The van der Waals surface area contributed by atoms with Crippen LogP contribution < -0.4 is 10.2 Å². The molecule has 2 heterocycles. The lowest BCUT2D eigenvalue weighted by molar-refractivity contribution is -0.121. The van der Waals surface area contributed by atoms with Gasteiger partial charge in [-0.2, -0.15) is 0 Å². The summed E-state index contributed by atoms with van der Waals surface area (Å²) in [5, 5.41) is 3.10. The van der Waals surface area contributed by atoms with Gasteiger partial charge in [-0.15, -0.1) is 0 Å². The lowest BCUT2D eigenvalue weighted by Crippen LogP contribution is -2.39. The van der Waals surface area contributed by atoms with E-state index in [1.807, 2.05) is 38.1 Å². The van der Waals surface area contributed by atoms with Crippen LogP contribution in [0.2, 0.25) is 0 Å². The van der Waals surface area contributed by atoms with E-state index < -0.39 is 6.04 Å². The van der Waals surface area contributed by atoms with Gasteiger partial charge in [0.05, 0.1) is 31.0 Å². The highest BCUT2D eigenvalue weighted by Crippen LogP contribution is 2.29. The van der Waals surface area contributed by atoms with Crippen LogP contribution in [0.15, 0.2) is 41.0 Å². The van der Waals surface area contributed by atoms with Crippen LogP contribution in [0, 0.1) is 13.8 Å². The van der Waals surface area contributed by atoms with Gasteiger partial charge in [0.1, 0.15) is 5.76 Å². The van der Waals surface area contributed by atoms with E-state index in [0.29, 0.717) is 12.2 Å². The maximum Gasteiger partial charge on any atom is 0.251 e. The van der Waals surface area contributed by atoms with Gasteiger partial charge in [0.15, 0.2) is 0 Å². The fourth-order valence-electron chi connectivity index (χ4n) is 2.82. The Morgan fingerprint density at radius 3 is 2.55 bits per heavy atom. The Morgan fingerprint density at radius 2 is 1.91 bits per heavy atom. The maximum atomic E-state index is 12.6. The van der Waals surface area contributed by atoms with Gasteiger partial charge in [0.2, 0.25) is 5.91 Å². The molecule has 5 heteroatoms. The third-order valence-electron chi connectivity index (χ3n) is 3.91. The molecule has 3 rings (SSSR count). The van der Waals surface area contributed by atoms with Gasteiger partial charge >= 0.3 is 0 Å². The largest absolute Gasteiger partial charge is 0.468 e. The molecular weight excluding hydrogens is 280 g/mol. The summed E-state index contributed by atoms with van der Waals surface area (Å²) in [5.41, 5.74) is 2.56. The van der Waals surface area contributed by atoms with Gasteiger partial charge in [-0.05, 0) is 37.1 Å². The molecule has 0 aliphatic carbocycles. The summed E-state index contributed by atoms with van der Waals surface area (Å²) in [4.78, 5) is 26.2. The molecule has 1 saturated heterocycles. The van der Waals surface area contributed by atoms with E-state index in [-0.39, 0.29) is 18.2 Å². The molecule has 22 heavy (non-hydrogen) atoms. The van der Waals surface area contributed by atoms with Crippen LogP contribution in [-0.4, -0.2) is 17.9 Å². The van der Waals surface area contributed by atoms with Crippen molar-refractivity contribution < 1.29 is 14.0 Å². The number of aryl methyl sites for hydroxylation is 2. The summed E-state index contributed by atoms with van der Waals surface area (Å²) in [6, 6.07) is 8.86. The molecule has 1 unspecified atom stereocenters. The van der Waals surface area contributed by atoms with E-state index in [0.717, 1.165) is 16.9 Å². The predicted molar refractivity (Wildman–Crippen MR) is 82.4 cm³/mol. The van der Waals surface area contributed by atoms with Gasteiger partial charge in [-0.1, -0.05) is 18.2 Å². The fourth-order valence-corrected chi connectivity index (χ4v) is 2.82. The molecule has 2 amide bonds. The smallest absolute Gasteiger partial charge is 0.251 e. The first-order valence-electron chi connectivity index (χ1n) is 7.26. The van der Waals surface area contributed by atoms with Crippen molar-refractivity contribution in [1.29, 1.82) is 0 Å². The number of hydrogen-bond donors (Lipinski definition) is 1. The van der Waals surface area contributed by atoms with Gasteiger partial charge in [0, 0.05) is 0 Å². The van der Waals surface area contributed by atoms with Crippen molar-refractivity contribution >= 4 is 17.5 Å². The van der Waals surface area contributed by atoms with Crippen LogP contribution in [0.25, 0.3) is 0 Å². The van der Waals surface area contributed by atoms with Crippen molar-refractivity contribution in [2.45, 2.75) is 32.9 Å². The van der Waals surface area contributed by atoms with Crippen molar-refractivity contribution in [3.8, 4) is 0 Å². The normalized spacial score (nSPS) is 18.3. The molecule has 1 aromatic carbocycles. The highest BCUT2D eigenvalue weighted by Gasteiger charge is 2.40. The summed E-state index contributed by atoms with van der Waals surface area (Å²) in [5.74, 6) is 0.374. The average molecular weight is 298 g/mol. The third kappa shape index (κ3) is 2.55. The van der Waals surface area contributed by atoms with Crippen LogP contribution in [0.5, 0.6) is 0 Å². The molecule has 2 aromatic rings. The number of hydrogen-bond acceptors (Lipinski definition) is 4. The number of anilines is 1. The second-order valence-corrected chi connectivity index (χ2v) is 5.52. The minimum absolute atomic E-state index is 0.167. The molecule has 1 fully saturated rings. The molecule has 1 aromatic heterocycles. The van der Waals surface area contributed by atoms with E-state index in [9.17, 15) is 9.59 Å². The van der Waals surface area contributed by atoms with Gasteiger partial charge < -0.3 is 4.42 Å². The van der Waals surface area contributed by atoms with Crippen molar-refractivity contribution in [2.75, 3.05) is 4.90 Å². The molecule has 0 radical (unpaired) electrons. The van der Waals surface area contributed by atoms with Crippen molar-refractivity contribution in [3.05, 3.63) is 53.5 Å². The van der Waals surface area contributed by atoms with E-state index in [1.54, 1.807) is 12.3 Å². The summed E-state index contributed by atoms with van der Waals surface area (Å²) in [7, 11) is 0. The summed E-state index contributed by atoms with van der Waals surface area (Å²) in [6.07, 6.45) is 1.76. The van der Waals surface area contributed by atoms with Crippen LogP contribution >= 0.6 is 0 Å². The minimum atomic E-state index is -0.503. The number of nitrogens with zero attached hydrogens (tertiary/aromatic N) is 1. The molecule has 1 N–H and O–H groups in total. The second-order valence-electron chi connectivity index (χ2n) is 5.52. The Bertz CT molecular complexity index is 686. The zero-order chi connectivity index (χ0) is 15.7. The van der Waals surface area contributed by atoms with Gasteiger partial charge in [0.25, 0.3) is 5.91 Å². The number of imide groups is 1. The first-order chi connectivity index (χ1) is 10.6. The minimum Gasteiger partial charge on any atom is -0.468 e. The van der Waals surface area contributed by atoms with E-state index >= 15 is 0 Å². The lowest BCUT2D eigenvalue weighted by Gasteiger charge is -2.20. The number of carbonyl (C=O) groups is 2. The van der Waals surface area contributed by atoms with E-state index in [4.69, 9.17) is 4.42 Å². The Labute approximate surface area is 128 Å². The van der Waals surface area contributed by atoms with Gasteiger partial charge in [-0.3, -0.25) is 14.9 Å². The van der Waals surface area contributed by atoms with E-state index in [2.05, 4.69) is 5.32 Å².